The van der Waals surface area contributed by atoms with Crippen LogP contribution in [0.4, 0.5) is 0 Å². The first kappa shape index (κ1) is 8.85. The highest BCUT2D eigenvalue weighted by atomic mass is 35.5. The van der Waals surface area contributed by atoms with Crippen molar-refractivity contribution in [2.24, 2.45) is 5.16 Å². The summed E-state index contributed by atoms with van der Waals surface area (Å²) in [6, 6.07) is 0. The van der Waals surface area contributed by atoms with Gasteiger partial charge in [0.15, 0.2) is 0 Å². The number of oxime groups is 1. The third-order valence-corrected chi connectivity index (χ3v) is 2.56. The molecule has 1 N–H and O–H groups in total. The molecule has 0 aromatic heterocycles. The molecule has 1 atom stereocenters. The first-order valence-electron chi connectivity index (χ1n) is 4.17. The molecule has 1 saturated carbocycles. The summed E-state index contributed by atoms with van der Waals surface area (Å²) >= 11 is 5.98. The van der Waals surface area contributed by atoms with Gasteiger partial charge in [-0.3, -0.25) is 0 Å². The van der Waals surface area contributed by atoms with Crippen LogP contribution in [0.3, 0.4) is 0 Å². The lowest BCUT2D eigenvalue weighted by atomic mass is 9.99. The van der Waals surface area contributed by atoms with E-state index in [2.05, 4.69) is 5.16 Å². The minimum Gasteiger partial charge on any atom is -0.411 e. The molecule has 0 amide bonds. The summed E-state index contributed by atoms with van der Waals surface area (Å²) < 4.78 is 0. The first-order valence-corrected chi connectivity index (χ1v) is 4.60. The van der Waals surface area contributed by atoms with Crippen molar-refractivity contribution in [1.82, 2.24) is 0 Å². The fourth-order valence-corrected chi connectivity index (χ4v) is 1.65. The highest BCUT2D eigenvalue weighted by Crippen LogP contribution is 2.19. The van der Waals surface area contributed by atoms with Gasteiger partial charge in [-0.15, -0.1) is 11.6 Å². The lowest BCUT2D eigenvalue weighted by molar-refractivity contribution is 0.315. The number of halogens is 1. The van der Waals surface area contributed by atoms with E-state index in [0.717, 1.165) is 44.2 Å². The molecule has 0 bridgehead atoms. The van der Waals surface area contributed by atoms with E-state index in [-0.39, 0.29) is 5.38 Å². The van der Waals surface area contributed by atoms with Crippen LogP contribution in [0.1, 0.15) is 38.5 Å². The third-order valence-electron chi connectivity index (χ3n) is 2.12. The second-order valence-corrected chi connectivity index (χ2v) is 3.67. The molecule has 64 valence electrons. The predicted octanol–water partition coefficient (Wildman–Crippen LogP) is 2.78. The SMILES string of the molecule is ON=C1CCCCC(Cl)CC1. The van der Waals surface area contributed by atoms with E-state index in [9.17, 15) is 0 Å². The van der Waals surface area contributed by atoms with Gasteiger partial charge in [0.05, 0.1) is 5.71 Å². The number of rotatable bonds is 0. The van der Waals surface area contributed by atoms with E-state index in [1.165, 1.54) is 0 Å². The second-order valence-electron chi connectivity index (χ2n) is 3.05. The Bertz CT molecular complexity index is 147. The maximum Gasteiger partial charge on any atom is 0.0571 e. The van der Waals surface area contributed by atoms with Crippen molar-refractivity contribution < 1.29 is 5.21 Å². The van der Waals surface area contributed by atoms with Gasteiger partial charge in [-0.2, -0.15) is 0 Å². The number of hydrogen-bond donors (Lipinski definition) is 1. The molecule has 0 aromatic carbocycles. The Morgan fingerprint density at radius 2 is 2.09 bits per heavy atom. The summed E-state index contributed by atoms with van der Waals surface area (Å²) in [6.45, 7) is 0. The van der Waals surface area contributed by atoms with E-state index < -0.39 is 0 Å². The first-order chi connectivity index (χ1) is 5.33. The van der Waals surface area contributed by atoms with Crippen molar-refractivity contribution in [3.05, 3.63) is 0 Å². The number of alkyl halides is 1. The average molecular weight is 176 g/mol. The molecule has 1 unspecified atom stereocenters. The van der Waals surface area contributed by atoms with Crippen molar-refractivity contribution in [3.8, 4) is 0 Å². The summed E-state index contributed by atoms with van der Waals surface area (Å²) in [5, 5.41) is 12.1. The van der Waals surface area contributed by atoms with E-state index >= 15 is 0 Å². The fraction of sp³-hybridized carbons (Fsp3) is 0.875. The van der Waals surface area contributed by atoms with Gasteiger partial charge in [0.1, 0.15) is 0 Å². The van der Waals surface area contributed by atoms with Crippen LogP contribution < -0.4 is 0 Å². The monoisotopic (exact) mass is 175 g/mol. The zero-order valence-corrected chi connectivity index (χ0v) is 7.35. The molecule has 1 aliphatic carbocycles. The van der Waals surface area contributed by atoms with Crippen molar-refractivity contribution in [3.63, 3.8) is 0 Å². The van der Waals surface area contributed by atoms with Crippen LogP contribution >= 0.6 is 11.6 Å². The highest BCUT2D eigenvalue weighted by molar-refractivity contribution is 6.20. The quantitative estimate of drug-likeness (QED) is 0.343. The second kappa shape index (κ2) is 4.60. The molecular formula is C8H14ClNO. The lowest BCUT2D eigenvalue weighted by Gasteiger charge is -2.13. The summed E-state index contributed by atoms with van der Waals surface area (Å²) in [4.78, 5) is 0. The van der Waals surface area contributed by atoms with Crippen molar-refractivity contribution in [2.75, 3.05) is 0 Å². The number of hydrogen-bond acceptors (Lipinski definition) is 2. The topological polar surface area (TPSA) is 32.6 Å². The highest BCUT2D eigenvalue weighted by Gasteiger charge is 2.11. The molecule has 2 nitrogen and oxygen atoms in total. The normalized spacial score (nSPS) is 31.4. The Morgan fingerprint density at radius 3 is 2.82 bits per heavy atom. The molecular weight excluding hydrogens is 162 g/mol. The van der Waals surface area contributed by atoms with E-state index in [1.54, 1.807) is 0 Å². The summed E-state index contributed by atoms with van der Waals surface area (Å²) in [5.41, 5.74) is 0.912. The fourth-order valence-electron chi connectivity index (χ4n) is 1.39. The van der Waals surface area contributed by atoms with Gasteiger partial charge in [0.2, 0.25) is 0 Å². The molecule has 1 rings (SSSR count). The van der Waals surface area contributed by atoms with Crippen LogP contribution in [-0.2, 0) is 0 Å². The van der Waals surface area contributed by atoms with E-state index in [1.807, 2.05) is 0 Å². The maximum absolute atomic E-state index is 8.54. The summed E-state index contributed by atoms with van der Waals surface area (Å²) in [7, 11) is 0. The molecule has 0 heterocycles. The molecule has 1 fully saturated rings. The van der Waals surface area contributed by atoms with Crippen LogP contribution in [-0.4, -0.2) is 16.3 Å². The van der Waals surface area contributed by atoms with Crippen LogP contribution in [0, 0.1) is 0 Å². The molecule has 0 spiro atoms. The Labute approximate surface area is 72.2 Å². The average Bonchev–Trinajstić information content (AvgIpc) is 1.98. The van der Waals surface area contributed by atoms with Crippen molar-refractivity contribution in [1.29, 1.82) is 0 Å². The Hall–Kier alpha value is -0.240. The predicted molar refractivity (Wildman–Crippen MR) is 46.6 cm³/mol. The Kier molecular flexibility index (Phi) is 3.70. The van der Waals surface area contributed by atoms with Crippen LogP contribution in [0.15, 0.2) is 5.16 Å². The molecule has 1 aliphatic rings. The largest absolute Gasteiger partial charge is 0.411 e. The zero-order valence-electron chi connectivity index (χ0n) is 6.59. The summed E-state index contributed by atoms with van der Waals surface area (Å²) in [5.74, 6) is 0. The third kappa shape index (κ3) is 3.10. The summed E-state index contributed by atoms with van der Waals surface area (Å²) in [6.07, 6.45) is 6.15. The van der Waals surface area contributed by atoms with E-state index in [4.69, 9.17) is 16.8 Å². The Morgan fingerprint density at radius 1 is 1.27 bits per heavy atom. The van der Waals surface area contributed by atoms with Gasteiger partial charge in [-0.05, 0) is 32.1 Å². The maximum atomic E-state index is 8.54. The van der Waals surface area contributed by atoms with Gasteiger partial charge in [-0.1, -0.05) is 11.6 Å². The van der Waals surface area contributed by atoms with E-state index in [0.29, 0.717) is 0 Å². The van der Waals surface area contributed by atoms with Gasteiger partial charge in [0, 0.05) is 5.38 Å². The van der Waals surface area contributed by atoms with Crippen LogP contribution in [0.25, 0.3) is 0 Å². The van der Waals surface area contributed by atoms with Gasteiger partial charge < -0.3 is 5.21 Å². The van der Waals surface area contributed by atoms with Gasteiger partial charge in [0.25, 0.3) is 0 Å². The lowest BCUT2D eigenvalue weighted by Crippen LogP contribution is -2.08. The molecule has 0 saturated heterocycles. The molecule has 0 aliphatic heterocycles. The standard InChI is InChI=1S/C8H14ClNO/c9-7-3-1-2-4-8(10-11)6-5-7/h7,11H,1-6H2. The zero-order chi connectivity index (χ0) is 8.10. The van der Waals surface area contributed by atoms with Crippen LogP contribution in [0.2, 0.25) is 0 Å². The van der Waals surface area contributed by atoms with Gasteiger partial charge >= 0.3 is 0 Å². The number of nitrogens with zero attached hydrogens (tertiary/aromatic N) is 1. The van der Waals surface area contributed by atoms with Gasteiger partial charge in [-0.25, -0.2) is 0 Å². The Balaban J connectivity index is 2.38. The van der Waals surface area contributed by atoms with Crippen LogP contribution in [0.5, 0.6) is 0 Å². The molecule has 3 heteroatoms. The molecule has 0 aromatic rings. The molecule has 0 radical (unpaired) electrons. The van der Waals surface area contributed by atoms with Crippen molar-refractivity contribution in [2.45, 2.75) is 43.9 Å². The smallest absolute Gasteiger partial charge is 0.0571 e. The molecule has 11 heavy (non-hydrogen) atoms. The minimum absolute atomic E-state index is 0.284. The van der Waals surface area contributed by atoms with Crippen molar-refractivity contribution >= 4 is 17.3 Å². The minimum atomic E-state index is 0.284.